The number of aliphatic hydroxyl groups is 2. The third-order valence-electron chi connectivity index (χ3n) is 7.33. The Bertz CT molecular complexity index is 1490. The second-order valence-corrected chi connectivity index (χ2v) is 10.5. The van der Waals surface area contributed by atoms with Crippen molar-refractivity contribution in [1.82, 2.24) is 29.6 Å². The maximum atomic E-state index is 14.2. The van der Waals surface area contributed by atoms with E-state index in [1.54, 1.807) is 12.3 Å². The Morgan fingerprint density at radius 3 is 2.33 bits per heavy atom. The number of halogens is 3. The van der Waals surface area contributed by atoms with Crippen LogP contribution in [0.3, 0.4) is 0 Å². The van der Waals surface area contributed by atoms with Gasteiger partial charge >= 0.3 is 0 Å². The lowest BCUT2D eigenvalue weighted by molar-refractivity contribution is -0.127. The highest BCUT2D eigenvalue weighted by Gasteiger charge is 2.40. The van der Waals surface area contributed by atoms with Gasteiger partial charge in [-0.2, -0.15) is 5.10 Å². The van der Waals surface area contributed by atoms with Gasteiger partial charge in [0.05, 0.1) is 29.2 Å². The van der Waals surface area contributed by atoms with Crippen LogP contribution in [0.5, 0.6) is 0 Å². The average Bonchev–Trinajstić information content (AvgIpc) is 3.38. The van der Waals surface area contributed by atoms with Crippen molar-refractivity contribution in [3.63, 3.8) is 0 Å². The maximum absolute atomic E-state index is 14.2. The normalized spacial score (nSPS) is 16.6. The molecule has 4 heterocycles. The Labute approximate surface area is 223 Å². The molecule has 4 aromatic rings. The monoisotopic (exact) mass is 541 g/mol. The number of aromatic nitrogens is 5. The van der Waals surface area contributed by atoms with Gasteiger partial charge in [0.1, 0.15) is 28.4 Å². The topological polar surface area (TPSA) is 103 Å². The first-order valence-electron chi connectivity index (χ1n) is 12.6. The molecular weight excluding hydrogens is 511 g/mol. The number of alkyl halides is 1. The van der Waals surface area contributed by atoms with Gasteiger partial charge in [0.15, 0.2) is 12.6 Å². The molecule has 1 fully saturated rings. The van der Waals surface area contributed by atoms with Crippen molar-refractivity contribution in [2.24, 2.45) is 0 Å². The molecule has 1 saturated heterocycles. The molecule has 0 spiro atoms. The number of benzene rings is 1. The molecule has 1 aromatic carbocycles. The van der Waals surface area contributed by atoms with Crippen LogP contribution < -0.4 is 4.90 Å². The SMILES string of the molecule is CC(C)(O)[C@@](C)(O)c1cc2nc(-c3cnn(CF)c3)c(N3CCN(Cc4ccc(F)cc4F)CC3)nc2cn1. The van der Waals surface area contributed by atoms with Gasteiger partial charge < -0.3 is 15.1 Å². The van der Waals surface area contributed by atoms with E-state index in [4.69, 9.17) is 9.97 Å². The predicted octanol–water partition coefficient (Wildman–Crippen LogP) is 3.39. The molecule has 0 bridgehead atoms. The Kier molecular flexibility index (Phi) is 7.04. The minimum Gasteiger partial charge on any atom is -0.387 e. The minimum absolute atomic E-state index is 0.233. The lowest BCUT2D eigenvalue weighted by Crippen LogP contribution is -2.46. The zero-order valence-corrected chi connectivity index (χ0v) is 21.9. The molecule has 5 rings (SSSR count). The van der Waals surface area contributed by atoms with E-state index in [-0.39, 0.29) is 5.69 Å². The number of hydrogen-bond donors (Lipinski definition) is 2. The van der Waals surface area contributed by atoms with Crippen LogP contribution in [0, 0.1) is 11.6 Å². The minimum atomic E-state index is -1.65. The van der Waals surface area contributed by atoms with Gasteiger partial charge in [-0.3, -0.25) is 9.88 Å². The van der Waals surface area contributed by atoms with Crippen molar-refractivity contribution in [2.75, 3.05) is 31.1 Å². The Morgan fingerprint density at radius 1 is 0.949 bits per heavy atom. The van der Waals surface area contributed by atoms with Crippen molar-refractivity contribution < 1.29 is 23.4 Å². The third kappa shape index (κ3) is 5.32. The van der Waals surface area contributed by atoms with E-state index in [1.807, 2.05) is 4.90 Å². The van der Waals surface area contributed by atoms with Gasteiger partial charge in [0.25, 0.3) is 0 Å². The molecular formula is C27H30F3N7O2. The molecule has 2 N–H and O–H groups in total. The van der Waals surface area contributed by atoms with Crippen molar-refractivity contribution in [2.45, 2.75) is 45.3 Å². The smallest absolute Gasteiger partial charge is 0.181 e. The molecule has 12 heteroatoms. The van der Waals surface area contributed by atoms with Gasteiger partial charge in [-0.05, 0) is 32.9 Å². The van der Waals surface area contributed by atoms with Gasteiger partial charge in [-0.1, -0.05) is 6.07 Å². The van der Waals surface area contributed by atoms with Gasteiger partial charge in [0.2, 0.25) is 0 Å². The standard InChI is InChI=1S/C27H30F3N7O2/c1-26(2,38)27(3,39)23-11-21-22(13-31-23)34-25(24(33-21)18-12-32-37(15-18)16-28)36-8-6-35(7-9-36)14-17-4-5-19(29)10-20(17)30/h4-5,10-13,15,38-39H,6-9,14,16H2,1-3H3/t27-/m0/s1. The van der Waals surface area contributed by atoms with E-state index in [9.17, 15) is 23.4 Å². The molecule has 9 nitrogen and oxygen atoms in total. The fourth-order valence-corrected chi connectivity index (χ4v) is 4.50. The van der Waals surface area contributed by atoms with Crippen LogP contribution in [0.2, 0.25) is 0 Å². The fourth-order valence-electron chi connectivity index (χ4n) is 4.50. The molecule has 0 saturated carbocycles. The third-order valence-corrected chi connectivity index (χ3v) is 7.33. The van der Waals surface area contributed by atoms with Gasteiger partial charge in [0, 0.05) is 56.1 Å². The van der Waals surface area contributed by atoms with E-state index in [0.717, 1.165) is 10.7 Å². The Morgan fingerprint density at radius 2 is 1.69 bits per heavy atom. The molecule has 0 unspecified atom stereocenters. The second kappa shape index (κ2) is 10.2. The number of rotatable bonds is 7. The summed E-state index contributed by atoms with van der Waals surface area (Å²) in [5.74, 6) is -0.609. The summed E-state index contributed by atoms with van der Waals surface area (Å²) in [5, 5.41) is 25.5. The Hall–Kier alpha value is -3.61. The summed E-state index contributed by atoms with van der Waals surface area (Å²) < 4.78 is 41.9. The van der Waals surface area contributed by atoms with Gasteiger partial charge in [-0.15, -0.1) is 0 Å². The molecule has 39 heavy (non-hydrogen) atoms. The van der Waals surface area contributed by atoms with E-state index in [2.05, 4.69) is 15.0 Å². The lowest BCUT2D eigenvalue weighted by Gasteiger charge is -2.36. The van der Waals surface area contributed by atoms with Crippen LogP contribution in [0.1, 0.15) is 32.0 Å². The van der Waals surface area contributed by atoms with E-state index < -0.39 is 29.6 Å². The predicted molar refractivity (Wildman–Crippen MR) is 139 cm³/mol. The summed E-state index contributed by atoms with van der Waals surface area (Å²) in [5.41, 5.74) is -0.473. The first kappa shape index (κ1) is 27.0. The van der Waals surface area contributed by atoms with Crippen molar-refractivity contribution in [1.29, 1.82) is 0 Å². The highest BCUT2D eigenvalue weighted by molar-refractivity contribution is 5.83. The Balaban J connectivity index is 1.47. The zero-order chi connectivity index (χ0) is 27.9. The lowest BCUT2D eigenvalue weighted by atomic mass is 9.84. The first-order valence-corrected chi connectivity index (χ1v) is 12.6. The van der Waals surface area contributed by atoms with Crippen LogP contribution in [-0.2, 0) is 18.9 Å². The average molecular weight is 542 g/mol. The van der Waals surface area contributed by atoms with Crippen LogP contribution in [0.15, 0.2) is 42.9 Å². The zero-order valence-electron chi connectivity index (χ0n) is 21.9. The summed E-state index contributed by atoms with van der Waals surface area (Å²) >= 11 is 0. The number of anilines is 1. The number of piperazine rings is 1. The van der Waals surface area contributed by atoms with Crippen molar-refractivity contribution in [3.05, 3.63) is 65.7 Å². The highest BCUT2D eigenvalue weighted by Crippen LogP contribution is 2.34. The fraction of sp³-hybridized carbons (Fsp3) is 0.407. The second-order valence-electron chi connectivity index (χ2n) is 10.5. The van der Waals surface area contributed by atoms with E-state index >= 15 is 0 Å². The summed E-state index contributed by atoms with van der Waals surface area (Å²) in [6.07, 6.45) is 4.56. The maximum Gasteiger partial charge on any atom is 0.181 e. The largest absolute Gasteiger partial charge is 0.387 e. The number of hydrogen-bond acceptors (Lipinski definition) is 8. The van der Waals surface area contributed by atoms with Crippen LogP contribution in [0.25, 0.3) is 22.3 Å². The molecule has 3 aromatic heterocycles. The van der Waals surface area contributed by atoms with Crippen molar-refractivity contribution >= 4 is 16.9 Å². The molecule has 1 aliphatic rings. The molecule has 0 amide bonds. The highest BCUT2D eigenvalue weighted by atomic mass is 19.1. The summed E-state index contributed by atoms with van der Waals surface area (Å²) in [6, 6.07) is 5.19. The van der Waals surface area contributed by atoms with Crippen LogP contribution in [0.4, 0.5) is 19.0 Å². The number of fused-ring (bicyclic) bond motifs is 1. The van der Waals surface area contributed by atoms with Crippen molar-refractivity contribution in [3.8, 4) is 11.3 Å². The molecule has 1 aliphatic heterocycles. The molecule has 1 atom stereocenters. The van der Waals surface area contributed by atoms with Crippen LogP contribution in [-0.4, -0.2) is 71.6 Å². The number of nitrogens with zero attached hydrogens (tertiary/aromatic N) is 7. The van der Waals surface area contributed by atoms with E-state index in [1.165, 1.54) is 45.3 Å². The molecule has 0 aliphatic carbocycles. The van der Waals surface area contributed by atoms with Crippen LogP contribution >= 0.6 is 0 Å². The quantitative estimate of drug-likeness (QED) is 0.367. The summed E-state index contributed by atoms with van der Waals surface area (Å²) in [7, 11) is 0. The molecule has 0 radical (unpaired) electrons. The van der Waals surface area contributed by atoms with E-state index in [0.29, 0.717) is 66.4 Å². The van der Waals surface area contributed by atoms with Gasteiger partial charge in [-0.25, -0.2) is 27.8 Å². The summed E-state index contributed by atoms with van der Waals surface area (Å²) in [4.78, 5) is 18.1. The first-order chi connectivity index (χ1) is 18.5. The summed E-state index contributed by atoms with van der Waals surface area (Å²) in [6.45, 7) is 6.36. The number of pyridine rings is 1. The molecule has 206 valence electrons.